The smallest absolute Gasteiger partial charge is 0.115 e. The van der Waals surface area contributed by atoms with Crippen molar-refractivity contribution in [2.75, 3.05) is 13.1 Å². The predicted molar refractivity (Wildman–Crippen MR) is 91.3 cm³/mol. The fraction of sp³-hybridized carbons (Fsp3) is 0.579. The van der Waals surface area contributed by atoms with Gasteiger partial charge in [0.25, 0.3) is 0 Å². The van der Waals surface area contributed by atoms with E-state index in [0.717, 1.165) is 19.5 Å². The topological polar surface area (TPSA) is 55.0 Å². The summed E-state index contributed by atoms with van der Waals surface area (Å²) in [5, 5.41) is 9.87. The van der Waals surface area contributed by atoms with Gasteiger partial charge < -0.3 is 10.6 Å². The van der Waals surface area contributed by atoms with E-state index in [1.165, 1.54) is 23.1 Å². The lowest BCUT2D eigenvalue weighted by atomic mass is 9.59. The molecule has 1 aromatic rings. The third-order valence-corrected chi connectivity index (χ3v) is 5.84. The molecule has 0 amide bonds. The minimum atomic E-state index is 0. The Labute approximate surface area is 134 Å². The summed E-state index contributed by atoms with van der Waals surface area (Å²) >= 11 is 0. The van der Waals surface area contributed by atoms with Crippen LogP contribution in [-0.2, 0) is 11.8 Å². The van der Waals surface area contributed by atoms with Gasteiger partial charge >= 0.3 is 0 Å². The number of likely N-dealkylation sites (tertiary alicyclic amines) is 1. The van der Waals surface area contributed by atoms with Gasteiger partial charge in [0.05, 0.1) is 0 Å². The molecule has 3 unspecified atom stereocenters. The number of hydrogen-bond acceptors (Lipinski definition) is 2. The lowest BCUT2D eigenvalue weighted by Gasteiger charge is -2.54. The normalized spacial score (nSPS) is 30.2. The van der Waals surface area contributed by atoms with E-state index < -0.39 is 0 Å². The average Bonchev–Trinajstić information content (AvgIpc) is 2.43. The predicted octanol–water partition coefficient (Wildman–Crippen LogP) is 3.06. The molecule has 0 spiro atoms. The van der Waals surface area contributed by atoms with Gasteiger partial charge in [-0.15, -0.1) is 0 Å². The van der Waals surface area contributed by atoms with Crippen molar-refractivity contribution in [3.63, 3.8) is 0 Å². The van der Waals surface area contributed by atoms with E-state index in [1.54, 1.807) is 0 Å². The van der Waals surface area contributed by atoms with Crippen LogP contribution in [0.1, 0.15) is 45.2 Å². The zero-order chi connectivity index (χ0) is 15.2. The van der Waals surface area contributed by atoms with Gasteiger partial charge in [0.1, 0.15) is 5.75 Å². The summed E-state index contributed by atoms with van der Waals surface area (Å²) in [6, 6.07) is 6.60. The summed E-state index contributed by atoms with van der Waals surface area (Å²) in [4.78, 5) is 2.65. The Kier molecular flexibility index (Phi) is 4.69. The van der Waals surface area contributed by atoms with Crippen LogP contribution >= 0.6 is 0 Å². The number of nitrogens with zero attached hydrogens (tertiary/aromatic N) is 1. The molecular formula is C19H29NO2. The molecule has 22 heavy (non-hydrogen) atoms. The van der Waals surface area contributed by atoms with Crippen molar-refractivity contribution in [1.82, 2.24) is 4.90 Å². The van der Waals surface area contributed by atoms with E-state index in [9.17, 15) is 5.11 Å². The van der Waals surface area contributed by atoms with Crippen molar-refractivity contribution in [2.24, 2.45) is 5.92 Å². The Hall–Kier alpha value is -1.32. The molecule has 0 aromatic heterocycles. The Morgan fingerprint density at radius 1 is 1.41 bits per heavy atom. The first-order chi connectivity index (χ1) is 9.91. The van der Waals surface area contributed by atoms with Crippen molar-refractivity contribution < 1.29 is 10.6 Å². The molecule has 3 rings (SSSR count). The monoisotopic (exact) mass is 303 g/mol. The summed E-state index contributed by atoms with van der Waals surface area (Å²) in [6.45, 7) is 11.4. The fourth-order valence-electron chi connectivity index (χ4n) is 4.22. The van der Waals surface area contributed by atoms with Gasteiger partial charge in [0.15, 0.2) is 0 Å². The van der Waals surface area contributed by atoms with Gasteiger partial charge in [-0.2, -0.15) is 0 Å². The highest BCUT2D eigenvalue weighted by Crippen LogP contribution is 2.49. The van der Waals surface area contributed by atoms with Crippen LogP contribution in [0.3, 0.4) is 0 Å². The molecule has 122 valence electrons. The second-order valence-electron chi connectivity index (χ2n) is 7.35. The first-order valence-corrected chi connectivity index (χ1v) is 8.11. The molecular weight excluding hydrogens is 274 g/mol. The molecule has 3 atom stereocenters. The maximum absolute atomic E-state index is 9.87. The van der Waals surface area contributed by atoms with E-state index in [1.807, 2.05) is 12.1 Å². The molecule has 3 N–H and O–H groups in total. The lowest BCUT2D eigenvalue weighted by molar-refractivity contribution is 0.0397. The van der Waals surface area contributed by atoms with Crippen LogP contribution in [-0.4, -0.2) is 34.6 Å². The zero-order valence-electron chi connectivity index (χ0n) is 14.2. The maximum atomic E-state index is 9.87. The standard InChI is InChI=1S/C19H27NO.H2O/c1-13(2)7-9-20-10-8-19(4)14(3)18(20)11-15-5-6-16(21)12-17(15)19;/h5-7,12,14,18,21H,8-11H2,1-4H3;1H2. The molecule has 1 heterocycles. The minimum Gasteiger partial charge on any atom is -0.508 e. The molecule has 1 aliphatic carbocycles. The van der Waals surface area contributed by atoms with E-state index in [2.05, 4.69) is 44.7 Å². The molecule has 0 saturated carbocycles. The van der Waals surface area contributed by atoms with Gasteiger partial charge in [-0.25, -0.2) is 0 Å². The summed E-state index contributed by atoms with van der Waals surface area (Å²) in [5.74, 6) is 1.04. The van der Waals surface area contributed by atoms with Crippen molar-refractivity contribution in [3.8, 4) is 5.75 Å². The number of phenolic OH excluding ortho intramolecular Hbond substituents is 1. The van der Waals surface area contributed by atoms with Crippen molar-refractivity contribution in [1.29, 1.82) is 0 Å². The molecule has 3 heteroatoms. The number of benzene rings is 1. The summed E-state index contributed by atoms with van der Waals surface area (Å²) < 4.78 is 0. The van der Waals surface area contributed by atoms with Crippen molar-refractivity contribution >= 4 is 0 Å². The van der Waals surface area contributed by atoms with Crippen LogP contribution in [0.5, 0.6) is 5.75 Å². The molecule has 1 saturated heterocycles. The van der Waals surface area contributed by atoms with E-state index >= 15 is 0 Å². The molecule has 2 aliphatic rings. The van der Waals surface area contributed by atoms with E-state index in [0.29, 0.717) is 17.7 Å². The third-order valence-electron chi connectivity index (χ3n) is 5.84. The summed E-state index contributed by atoms with van der Waals surface area (Å²) in [6.07, 6.45) is 4.64. The highest BCUT2D eigenvalue weighted by Gasteiger charge is 2.48. The Morgan fingerprint density at radius 3 is 2.82 bits per heavy atom. The van der Waals surface area contributed by atoms with Crippen LogP contribution in [0, 0.1) is 5.92 Å². The summed E-state index contributed by atoms with van der Waals surface area (Å²) in [5.41, 5.74) is 4.42. The number of allylic oxidation sites excluding steroid dienone is 1. The van der Waals surface area contributed by atoms with Crippen molar-refractivity contribution in [3.05, 3.63) is 41.0 Å². The number of fused-ring (bicyclic) bond motifs is 4. The number of hydrogen-bond donors (Lipinski definition) is 1. The average molecular weight is 303 g/mol. The van der Waals surface area contributed by atoms with Crippen LogP contribution in [0.15, 0.2) is 29.8 Å². The first kappa shape index (κ1) is 17.0. The van der Waals surface area contributed by atoms with E-state index in [-0.39, 0.29) is 10.9 Å². The van der Waals surface area contributed by atoms with Crippen LogP contribution in [0.25, 0.3) is 0 Å². The fourth-order valence-corrected chi connectivity index (χ4v) is 4.22. The molecule has 2 bridgehead atoms. The molecule has 0 radical (unpaired) electrons. The SMILES string of the molecule is CC(C)=CCN1CCC2(C)c3cc(O)ccc3CC1C2C.O. The van der Waals surface area contributed by atoms with Crippen LogP contribution < -0.4 is 0 Å². The molecule has 1 aromatic carbocycles. The van der Waals surface area contributed by atoms with Crippen LogP contribution in [0.4, 0.5) is 0 Å². The van der Waals surface area contributed by atoms with Crippen LogP contribution in [0.2, 0.25) is 0 Å². The summed E-state index contributed by atoms with van der Waals surface area (Å²) in [7, 11) is 0. The Morgan fingerprint density at radius 2 is 2.14 bits per heavy atom. The zero-order valence-corrected chi connectivity index (χ0v) is 14.2. The first-order valence-electron chi connectivity index (χ1n) is 8.11. The maximum Gasteiger partial charge on any atom is 0.115 e. The van der Waals surface area contributed by atoms with Gasteiger partial charge in [-0.05, 0) is 67.8 Å². The number of aromatic hydroxyl groups is 1. The molecule has 1 fully saturated rings. The number of rotatable bonds is 2. The molecule has 3 nitrogen and oxygen atoms in total. The minimum absolute atomic E-state index is 0. The van der Waals surface area contributed by atoms with Gasteiger partial charge in [0, 0.05) is 12.6 Å². The highest BCUT2D eigenvalue weighted by atomic mass is 16.3. The Bertz CT molecular complexity index is 577. The third kappa shape index (κ3) is 2.68. The molecule has 1 aliphatic heterocycles. The second kappa shape index (κ2) is 6.05. The van der Waals surface area contributed by atoms with Gasteiger partial charge in [0.2, 0.25) is 0 Å². The number of phenols is 1. The lowest BCUT2D eigenvalue weighted by Crippen LogP contribution is -2.57. The van der Waals surface area contributed by atoms with Gasteiger partial charge in [-0.1, -0.05) is 31.6 Å². The van der Waals surface area contributed by atoms with Crippen molar-refractivity contribution in [2.45, 2.75) is 52.0 Å². The second-order valence-corrected chi connectivity index (χ2v) is 7.35. The highest BCUT2D eigenvalue weighted by molar-refractivity contribution is 5.44. The quantitative estimate of drug-likeness (QED) is 0.854. The largest absolute Gasteiger partial charge is 0.508 e. The van der Waals surface area contributed by atoms with E-state index in [4.69, 9.17) is 0 Å². The Balaban J connectivity index is 0.00000176. The van der Waals surface area contributed by atoms with Gasteiger partial charge in [-0.3, -0.25) is 4.90 Å². The number of piperidine rings is 1.